The first-order valence-electron chi connectivity index (χ1n) is 20.0. The first-order valence-corrected chi connectivity index (χ1v) is 20.0. The lowest BCUT2D eigenvalue weighted by molar-refractivity contribution is -0.479. The van der Waals surface area contributed by atoms with E-state index >= 15 is 0 Å². The van der Waals surface area contributed by atoms with Crippen LogP contribution in [0.15, 0.2) is 23.0 Å². The van der Waals surface area contributed by atoms with Gasteiger partial charge in [-0.2, -0.15) is 0 Å². The summed E-state index contributed by atoms with van der Waals surface area (Å²) in [6, 6.07) is 1.62. The first-order chi connectivity index (χ1) is 26.9. The normalized spacial score (nSPS) is 52.9. The zero-order valence-electron chi connectivity index (χ0n) is 34.3. The van der Waals surface area contributed by atoms with Gasteiger partial charge in [-0.15, -0.1) is 0 Å². The summed E-state index contributed by atoms with van der Waals surface area (Å²) in [6.45, 7) is 14.3. The van der Waals surface area contributed by atoms with Gasteiger partial charge in [-0.25, -0.2) is 4.79 Å². The van der Waals surface area contributed by atoms with Gasteiger partial charge in [0.05, 0.1) is 38.1 Å². The molecule has 2 N–H and O–H groups in total. The number of carbonyl (C=O) groups excluding carboxylic acids is 5. The van der Waals surface area contributed by atoms with Crippen molar-refractivity contribution in [2.45, 2.75) is 165 Å². The number of hydrogen-bond donors (Lipinski definition) is 2. The van der Waals surface area contributed by atoms with Crippen molar-refractivity contribution in [3.63, 3.8) is 0 Å². The van der Waals surface area contributed by atoms with Gasteiger partial charge in [0.2, 0.25) is 0 Å². The van der Waals surface area contributed by atoms with Crippen LogP contribution in [0, 0.1) is 28.1 Å². The smallest absolute Gasteiger partial charge is 0.341 e. The standard InChI is InChI=1S/C41H52O17/c1-11-19(2)28(45)52-24-15-33(6)27(22-12-13-50-17-22)53-26(44)16-38(33)41-30(51-21(4)42)39(48)29(54-31(46)34(7)20(3)55-34)32(5)18-37(39,47)35(8,23(32)14-25(43)49-10)40(24,41)57-36(9,56-38)58-41/h12-13,17,19-20,23-24,27,29-30,47-48H,11,14-16,18H2,1-10H3/t19?,20?,23-,24+,27-,29?,30+,32?,33-,34?,35?,36?,37?,38?,39-,40-,41-/m0/s1. The molecule has 17 nitrogen and oxygen atoms in total. The monoisotopic (exact) mass is 816 g/mol. The summed E-state index contributed by atoms with van der Waals surface area (Å²) in [5.41, 5.74) is -17.7. The molecule has 4 aliphatic carbocycles. The molecule has 9 rings (SSSR count). The molecule has 1 aromatic heterocycles. The van der Waals surface area contributed by atoms with E-state index in [4.69, 9.17) is 47.0 Å². The summed E-state index contributed by atoms with van der Waals surface area (Å²) in [6.07, 6.45) is -5.16. The summed E-state index contributed by atoms with van der Waals surface area (Å²) in [5, 5.41) is 27.8. The summed E-state index contributed by atoms with van der Waals surface area (Å²) in [4.78, 5) is 70.0. The van der Waals surface area contributed by atoms with E-state index in [0.717, 1.165) is 6.92 Å². The number of ether oxygens (including phenoxy) is 9. The predicted octanol–water partition coefficient (Wildman–Crippen LogP) is 2.71. The molecule has 8 aliphatic rings. The van der Waals surface area contributed by atoms with Gasteiger partial charge in [0.1, 0.15) is 29.5 Å². The van der Waals surface area contributed by atoms with Gasteiger partial charge in [0.25, 0.3) is 5.97 Å². The minimum absolute atomic E-state index is 0.149. The lowest BCUT2D eigenvalue weighted by Gasteiger charge is -2.79. The highest BCUT2D eigenvalue weighted by Gasteiger charge is 3.07. The van der Waals surface area contributed by atoms with Crippen molar-refractivity contribution in [3.05, 3.63) is 24.2 Å². The summed E-state index contributed by atoms with van der Waals surface area (Å²) >= 11 is 0. The molecule has 4 saturated heterocycles. The predicted molar refractivity (Wildman–Crippen MR) is 189 cm³/mol. The number of epoxide rings is 1. The van der Waals surface area contributed by atoms with Crippen molar-refractivity contribution < 1.29 is 81.2 Å². The Kier molecular flexibility index (Phi) is 7.83. The quantitative estimate of drug-likeness (QED) is 0.208. The van der Waals surface area contributed by atoms with Crippen molar-refractivity contribution in [2.24, 2.45) is 28.1 Å². The van der Waals surface area contributed by atoms with Gasteiger partial charge < -0.3 is 57.3 Å². The second-order valence-electron chi connectivity index (χ2n) is 19.0. The third kappa shape index (κ3) is 3.98. The Bertz CT molecular complexity index is 2020. The van der Waals surface area contributed by atoms with Crippen molar-refractivity contribution in [2.75, 3.05) is 7.11 Å². The fourth-order valence-corrected chi connectivity index (χ4v) is 13.6. The van der Waals surface area contributed by atoms with E-state index < -0.39 is 141 Å². The molecule has 0 amide bonds. The molecular formula is C41H52O17. The van der Waals surface area contributed by atoms with Gasteiger partial charge in [-0.1, -0.05) is 34.6 Å². The lowest BCUT2D eigenvalue weighted by Crippen LogP contribution is -2.99. The molecular weight excluding hydrogens is 764 g/mol. The van der Waals surface area contributed by atoms with E-state index in [0.29, 0.717) is 12.0 Å². The molecule has 8 fully saturated rings. The first kappa shape index (κ1) is 39.8. The van der Waals surface area contributed by atoms with Crippen LogP contribution in [0.3, 0.4) is 0 Å². The topological polar surface area (TPSA) is 225 Å². The highest BCUT2D eigenvalue weighted by molar-refractivity contribution is 5.83. The molecule has 9 unspecified atom stereocenters. The van der Waals surface area contributed by atoms with Gasteiger partial charge in [0, 0.05) is 42.1 Å². The molecule has 4 saturated carbocycles. The number of rotatable bonds is 9. The highest BCUT2D eigenvalue weighted by Crippen LogP contribution is 2.89. The molecule has 4 bridgehead atoms. The van der Waals surface area contributed by atoms with E-state index in [1.807, 2.05) is 6.92 Å². The number of methoxy groups -OCH3 is 1. The number of cyclic esters (lactones) is 1. The molecule has 0 aromatic carbocycles. The van der Waals surface area contributed by atoms with Crippen molar-refractivity contribution in [1.29, 1.82) is 0 Å². The fourth-order valence-electron chi connectivity index (χ4n) is 13.6. The Morgan fingerprint density at radius 3 is 2.24 bits per heavy atom. The Balaban J connectivity index is 1.40. The van der Waals surface area contributed by atoms with Crippen molar-refractivity contribution in [1.82, 2.24) is 0 Å². The molecule has 4 aliphatic heterocycles. The van der Waals surface area contributed by atoms with E-state index in [1.165, 1.54) is 33.5 Å². The maximum absolute atomic E-state index is 14.2. The van der Waals surface area contributed by atoms with Crippen molar-refractivity contribution in [3.8, 4) is 0 Å². The zero-order valence-corrected chi connectivity index (χ0v) is 34.3. The van der Waals surface area contributed by atoms with E-state index in [-0.39, 0.29) is 12.8 Å². The van der Waals surface area contributed by atoms with Crippen LogP contribution in [0.2, 0.25) is 0 Å². The van der Waals surface area contributed by atoms with Crippen LogP contribution in [-0.2, 0) is 66.6 Å². The lowest BCUT2D eigenvalue weighted by atomic mass is 9.31. The average Bonchev–Trinajstić information content (AvgIpc) is 3.60. The van der Waals surface area contributed by atoms with E-state index in [1.54, 1.807) is 40.7 Å². The average molecular weight is 817 g/mol. The van der Waals surface area contributed by atoms with Crippen LogP contribution in [0.25, 0.3) is 0 Å². The minimum Gasteiger partial charge on any atom is -0.472 e. The minimum atomic E-state index is -2.78. The summed E-state index contributed by atoms with van der Waals surface area (Å²) < 4.78 is 63.0. The Morgan fingerprint density at radius 2 is 1.66 bits per heavy atom. The van der Waals surface area contributed by atoms with Crippen LogP contribution in [-0.4, -0.2) is 111 Å². The SMILES string of the molecule is CCC(C)C(=O)O[C@@H]1C[C@@]2(C)[C@H](c3ccoc3)OC(=O)CC23OC2(C)O[C@]14C1(C)[C@@H](CC(=O)OC)C5(C)CC1(O)[C@](O)(C5OC(=O)C1(C)OC1C)[C@@H](OC(C)=O)[C@]34O2. The van der Waals surface area contributed by atoms with Gasteiger partial charge >= 0.3 is 29.8 Å². The number of fused-ring (bicyclic) bond motifs is 2. The van der Waals surface area contributed by atoms with E-state index in [2.05, 4.69) is 0 Å². The molecule has 0 radical (unpaired) electrons. The van der Waals surface area contributed by atoms with Crippen LogP contribution in [0.5, 0.6) is 0 Å². The van der Waals surface area contributed by atoms with E-state index in [9.17, 15) is 34.2 Å². The zero-order chi connectivity index (χ0) is 42.2. The third-order valence-corrected chi connectivity index (χ3v) is 16.4. The fraction of sp³-hybridized carbons (Fsp3) is 0.780. The number of aliphatic hydroxyl groups is 2. The molecule has 2 spiro atoms. The Labute approximate surface area is 334 Å². The number of esters is 5. The largest absolute Gasteiger partial charge is 0.472 e. The highest BCUT2D eigenvalue weighted by atomic mass is 17.0. The molecule has 17 heteroatoms. The van der Waals surface area contributed by atoms with Gasteiger partial charge in [-0.3, -0.25) is 19.2 Å². The third-order valence-electron chi connectivity index (χ3n) is 16.4. The maximum atomic E-state index is 14.2. The van der Waals surface area contributed by atoms with Gasteiger partial charge in [-0.05, 0) is 45.1 Å². The second-order valence-corrected chi connectivity index (χ2v) is 19.0. The summed E-state index contributed by atoms with van der Waals surface area (Å²) in [7, 11) is 1.21. The van der Waals surface area contributed by atoms with Crippen LogP contribution >= 0.6 is 0 Å². The molecule has 17 atom stereocenters. The molecule has 58 heavy (non-hydrogen) atoms. The Morgan fingerprint density at radius 1 is 0.983 bits per heavy atom. The van der Waals surface area contributed by atoms with Crippen LogP contribution in [0.1, 0.15) is 106 Å². The summed E-state index contributed by atoms with van der Waals surface area (Å²) in [5.74, 6) is -7.76. The van der Waals surface area contributed by atoms with Gasteiger partial charge in [0.15, 0.2) is 28.5 Å². The van der Waals surface area contributed by atoms with Crippen LogP contribution < -0.4 is 0 Å². The Hall–Kier alpha value is -3.61. The molecule has 1 aromatic rings. The maximum Gasteiger partial charge on any atom is 0.341 e. The second kappa shape index (κ2) is 11.4. The number of carbonyl (C=O) groups is 5. The van der Waals surface area contributed by atoms with Crippen molar-refractivity contribution >= 4 is 29.8 Å². The number of hydrogen-bond acceptors (Lipinski definition) is 17. The number of furan rings is 1. The molecule has 318 valence electrons. The van der Waals surface area contributed by atoms with Crippen LogP contribution in [0.4, 0.5) is 0 Å². The molecule has 5 heterocycles.